The lowest BCUT2D eigenvalue weighted by atomic mass is 10.3. The van der Waals surface area contributed by atoms with Crippen LogP contribution in [-0.2, 0) is 7.05 Å². The van der Waals surface area contributed by atoms with Gasteiger partial charge < -0.3 is 10.4 Å². The van der Waals surface area contributed by atoms with Crippen LogP contribution in [0.15, 0.2) is 12.5 Å². The Morgan fingerprint density at radius 2 is 2.31 bits per heavy atom. The zero-order chi connectivity index (χ0) is 11.5. The van der Waals surface area contributed by atoms with Gasteiger partial charge in [0.1, 0.15) is 12.1 Å². The number of aromatic nitrogens is 4. The summed E-state index contributed by atoms with van der Waals surface area (Å²) in [5.41, 5.74) is 0.678. The highest BCUT2D eigenvalue weighted by atomic mass is 16.3. The maximum absolute atomic E-state index is 9.16. The summed E-state index contributed by atoms with van der Waals surface area (Å²) in [7, 11) is 1.85. The Bertz CT molecular complexity index is 479. The van der Waals surface area contributed by atoms with E-state index in [1.165, 1.54) is 6.33 Å². The van der Waals surface area contributed by atoms with E-state index in [-0.39, 0.29) is 6.10 Å². The number of hydrogen-bond acceptors (Lipinski definition) is 5. The molecule has 0 saturated carbocycles. The first-order chi connectivity index (χ1) is 7.66. The number of fused-ring (bicyclic) bond motifs is 1. The molecule has 2 rings (SSSR count). The average molecular weight is 221 g/mol. The molecule has 0 bridgehead atoms. The van der Waals surface area contributed by atoms with Crippen LogP contribution in [0.3, 0.4) is 0 Å². The number of aliphatic hydroxyl groups excluding tert-OH is 1. The fourth-order valence-electron chi connectivity index (χ4n) is 1.49. The van der Waals surface area contributed by atoms with Crippen molar-refractivity contribution in [1.82, 2.24) is 19.7 Å². The highest BCUT2D eigenvalue weighted by Gasteiger charge is 2.06. The number of aliphatic hydroxyl groups is 1. The average Bonchev–Trinajstić information content (AvgIpc) is 2.58. The molecule has 0 aromatic carbocycles. The Hall–Kier alpha value is -1.69. The van der Waals surface area contributed by atoms with Gasteiger partial charge in [-0.2, -0.15) is 5.10 Å². The van der Waals surface area contributed by atoms with Gasteiger partial charge in [-0.15, -0.1) is 0 Å². The van der Waals surface area contributed by atoms with E-state index in [2.05, 4.69) is 20.4 Å². The molecule has 86 valence electrons. The number of nitrogens with one attached hydrogen (secondary N) is 1. The van der Waals surface area contributed by atoms with Crippen molar-refractivity contribution in [2.45, 2.75) is 19.4 Å². The molecule has 0 radical (unpaired) electrons. The molecule has 0 spiro atoms. The van der Waals surface area contributed by atoms with Crippen molar-refractivity contribution in [2.75, 3.05) is 11.9 Å². The second kappa shape index (κ2) is 4.44. The van der Waals surface area contributed by atoms with E-state index in [1.54, 1.807) is 11.6 Å². The summed E-state index contributed by atoms with van der Waals surface area (Å²) in [6, 6.07) is 0. The highest BCUT2D eigenvalue weighted by Crippen LogP contribution is 2.16. The Morgan fingerprint density at radius 1 is 1.50 bits per heavy atom. The summed E-state index contributed by atoms with van der Waals surface area (Å²) < 4.78 is 1.71. The van der Waals surface area contributed by atoms with Crippen molar-refractivity contribution >= 4 is 16.9 Å². The van der Waals surface area contributed by atoms with Gasteiger partial charge in [-0.3, -0.25) is 4.68 Å². The summed E-state index contributed by atoms with van der Waals surface area (Å²) in [4.78, 5) is 8.23. The van der Waals surface area contributed by atoms with Crippen LogP contribution in [-0.4, -0.2) is 37.5 Å². The molecule has 0 aliphatic carbocycles. The Kier molecular flexibility index (Phi) is 3.00. The maximum atomic E-state index is 9.16. The molecule has 0 aliphatic rings. The quantitative estimate of drug-likeness (QED) is 0.788. The van der Waals surface area contributed by atoms with Gasteiger partial charge in [0, 0.05) is 19.8 Å². The van der Waals surface area contributed by atoms with E-state index in [0.717, 1.165) is 11.2 Å². The lowest BCUT2D eigenvalue weighted by Gasteiger charge is -2.06. The van der Waals surface area contributed by atoms with Crippen LogP contribution in [0, 0.1) is 0 Å². The van der Waals surface area contributed by atoms with Gasteiger partial charge in [0.2, 0.25) is 0 Å². The minimum absolute atomic E-state index is 0.307. The number of anilines is 1. The van der Waals surface area contributed by atoms with Crippen molar-refractivity contribution in [1.29, 1.82) is 0 Å². The van der Waals surface area contributed by atoms with E-state index < -0.39 is 0 Å². The molecule has 6 nitrogen and oxygen atoms in total. The van der Waals surface area contributed by atoms with Crippen molar-refractivity contribution < 1.29 is 5.11 Å². The summed E-state index contributed by atoms with van der Waals surface area (Å²) in [5, 5.41) is 17.4. The monoisotopic (exact) mass is 221 g/mol. The molecule has 2 aromatic heterocycles. The first-order valence-electron chi connectivity index (χ1n) is 5.23. The number of hydrogen-bond donors (Lipinski definition) is 2. The van der Waals surface area contributed by atoms with Gasteiger partial charge >= 0.3 is 0 Å². The third kappa shape index (κ3) is 2.27. The van der Waals surface area contributed by atoms with Gasteiger partial charge in [0.15, 0.2) is 5.65 Å². The van der Waals surface area contributed by atoms with Gasteiger partial charge in [0.05, 0.1) is 11.5 Å². The predicted molar refractivity (Wildman–Crippen MR) is 61.1 cm³/mol. The van der Waals surface area contributed by atoms with Crippen LogP contribution in [0.5, 0.6) is 0 Å². The molecule has 0 aliphatic heterocycles. The van der Waals surface area contributed by atoms with E-state index in [0.29, 0.717) is 18.6 Å². The first kappa shape index (κ1) is 10.8. The number of rotatable bonds is 4. The first-order valence-corrected chi connectivity index (χ1v) is 5.23. The van der Waals surface area contributed by atoms with E-state index in [9.17, 15) is 0 Å². The van der Waals surface area contributed by atoms with Crippen LogP contribution < -0.4 is 5.32 Å². The third-order valence-electron chi connectivity index (χ3n) is 2.29. The largest absolute Gasteiger partial charge is 0.393 e. The molecule has 2 heterocycles. The SMILES string of the molecule is CC(O)CCNc1ncnc2nn(C)cc12. The summed E-state index contributed by atoms with van der Waals surface area (Å²) in [6.07, 6.45) is 3.74. The normalized spacial score (nSPS) is 12.9. The van der Waals surface area contributed by atoms with Crippen LogP contribution in [0.2, 0.25) is 0 Å². The third-order valence-corrected chi connectivity index (χ3v) is 2.29. The minimum Gasteiger partial charge on any atom is -0.393 e. The minimum atomic E-state index is -0.307. The topological polar surface area (TPSA) is 75.9 Å². The molecule has 2 N–H and O–H groups in total. The second-order valence-corrected chi connectivity index (χ2v) is 3.83. The summed E-state index contributed by atoms with van der Waals surface area (Å²) >= 11 is 0. The molecule has 0 amide bonds. The van der Waals surface area contributed by atoms with Gasteiger partial charge in [-0.1, -0.05) is 0 Å². The van der Waals surface area contributed by atoms with Crippen molar-refractivity contribution in [3.05, 3.63) is 12.5 Å². The number of nitrogens with zero attached hydrogens (tertiary/aromatic N) is 4. The Labute approximate surface area is 93.3 Å². The zero-order valence-corrected chi connectivity index (χ0v) is 9.38. The van der Waals surface area contributed by atoms with Crippen LogP contribution in [0.4, 0.5) is 5.82 Å². The van der Waals surface area contributed by atoms with Crippen molar-refractivity contribution in [2.24, 2.45) is 7.05 Å². The van der Waals surface area contributed by atoms with Gasteiger partial charge in [0.25, 0.3) is 0 Å². The molecule has 6 heteroatoms. The summed E-state index contributed by atoms with van der Waals surface area (Å²) in [6.45, 7) is 2.44. The van der Waals surface area contributed by atoms with Crippen molar-refractivity contribution in [3.8, 4) is 0 Å². The molecule has 1 unspecified atom stereocenters. The second-order valence-electron chi connectivity index (χ2n) is 3.83. The van der Waals surface area contributed by atoms with Gasteiger partial charge in [-0.05, 0) is 13.3 Å². The molecule has 16 heavy (non-hydrogen) atoms. The Balaban J connectivity index is 2.17. The maximum Gasteiger partial charge on any atom is 0.186 e. The highest BCUT2D eigenvalue weighted by molar-refractivity contribution is 5.85. The van der Waals surface area contributed by atoms with E-state index in [1.807, 2.05) is 13.2 Å². The molecule has 0 saturated heterocycles. The molecule has 0 fully saturated rings. The molecule has 1 atom stereocenters. The van der Waals surface area contributed by atoms with Gasteiger partial charge in [-0.25, -0.2) is 9.97 Å². The molecule has 2 aromatic rings. The smallest absolute Gasteiger partial charge is 0.186 e. The zero-order valence-electron chi connectivity index (χ0n) is 9.38. The van der Waals surface area contributed by atoms with E-state index >= 15 is 0 Å². The van der Waals surface area contributed by atoms with Crippen LogP contribution in [0.25, 0.3) is 11.0 Å². The predicted octanol–water partition coefficient (Wildman–Crippen LogP) is 0.546. The number of aryl methyl sites for hydroxylation is 1. The van der Waals surface area contributed by atoms with E-state index in [4.69, 9.17) is 5.11 Å². The molecular weight excluding hydrogens is 206 g/mol. The fourth-order valence-corrected chi connectivity index (χ4v) is 1.49. The Morgan fingerprint density at radius 3 is 3.06 bits per heavy atom. The standard InChI is InChI=1S/C10H15N5O/c1-7(16)3-4-11-9-8-5-15(2)14-10(8)13-6-12-9/h5-7,16H,3-4H2,1-2H3,(H,11,12,13,14). The van der Waals surface area contributed by atoms with Crippen LogP contribution >= 0.6 is 0 Å². The lowest BCUT2D eigenvalue weighted by Crippen LogP contribution is -2.10. The van der Waals surface area contributed by atoms with Crippen molar-refractivity contribution in [3.63, 3.8) is 0 Å². The molecular formula is C10H15N5O. The lowest BCUT2D eigenvalue weighted by molar-refractivity contribution is 0.188. The van der Waals surface area contributed by atoms with Crippen LogP contribution in [0.1, 0.15) is 13.3 Å². The summed E-state index contributed by atoms with van der Waals surface area (Å²) in [5.74, 6) is 0.763. The fraction of sp³-hybridized carbons (Fsp3) is 0.500.